The molecular weight excluding hydrogens is 641 g/mol. The quantitative estimate of drug-likeness (QED) is 0.155. The van der Waals surface area contributed by atoms with Crippen LogP contribution in [-0.4, -0.2) is 9.13 Å². The average Bonchev–Trinajstić information content (AvgIpc) is 3.73. The van der Waals surface area contributed by atoms with E-state index in [1.165, 1.54) is 93.9 Å². The van der Waals surface area contributed by atoms with Crippen molar-refractivity contribution >= 4 is 55.8 Å². The molecule has 10 aromatic rings. The number of fused-ring (bicyclic) bond motifs is 6. The first kappa shape index (κ1) is 30.9. The van der Waals surface area contributed by atoms with Crippen molar-refractivity contribution in [2.45, 2.75) is 6.92 Å². The zero-order valence-corrected chi connectivity index (χ0v) is 29.4. The van der Waals surface area contributed by atoms with E-state index in [9.17, 15) is 0 Å². The lowest BCUT2D eigenvalue weighted by atomic mass is 10.0. The molecule has 2 aromatic heterocycles. The fraction of sp³-hybridized carbons (Fsp3) is 0.0196. The zero-order chi connectivity index (χ0) is 35.3. The van der Waals surface area contributed by atoms with Gasteiger partial charge < -0.3 is 9.13 Å². The van der Waals surface area contributed by atoms with Crippen LogP contribution in [0.2, 0.25) is 0 Å². The second kappa shape index (κ2) is 12.7. The second-order valence-corrected chi connectivity index (χ2v) is 13.9. The molecule has 0 radical (unpaired) electrons. The Morgan fingerprint density at radius 1 is 0.340 bits per heavy atom. The predicted molar refractivity (Wildman–Crippen MR) is 226 cm³/mol. The van der Waals surface area contributed by atoms with Crippen LogP contribution in [0.25, 0.3) is 89.4 Å². The third-order valence-electron chi connectivity index (χ3n) is 10.7. The molecule has 0 fully saturated rings. The highest BCUT2D eigenvalue weighted by Gasteiger charge is 2.15. The molecule has 0 aliphatic heterocycles. The highest BCUT2D eigenvalue weighted by molar-refractivity contribution is 6.11. The van der Waals surface area contributed by atoms with Gasteiger partial charge in [-0.3, -0.25) is 0 Å². The Balaban J connectivity index is 0.901. The molecule has 0 aliphatic rings. The summed E-state index contributed by atoms with van der Waals surface area (Å²) < 4.78 is 4.77. The summed E-state index contributed by atoms with van der Waals surface area (Å²) in [6.45, 7) is 2.18. The van der Waals surface area contributed by atoms with Crippen molar-refractivity contribution in [2.75, 3.05) is 0 Å². The molecule has 0 unspecified atom stereocenters. The Morgan fingerprint density at radius 2 is 0.811 bits per heavy atom. The number of nitrogens with zero attached hydrogens (tertiary/aromatic N) is 2. The van der Waals surface area contributed by atoms with Crippen LogP contribution in [0, 0.1) is 6.92 Å². The van der Waals surface area contributed by atoms with Crippen LogP contribution >= 0.6 is 0 Å². The number of aromatic nitrogens is 2. The van der Waals surface area contributed by atoms with Crippen LogP contribution in [0.15, 0.2) is 188 Å². The summed E-state index contributed by atoms with van der Waals surface area (Å²) >= 11 is 0. The molecule has 0 amide bonds. The SMILES string of the molecule is Cc1ccccc1-n1c2ccccc2c2cc(-c3ccc(/C=C/c4ccc(-c5cccc(-n6c7ccccc7c7ccccc76)c5)cc4)cc3)ccc21. The van der Waals surface area contributed by atoms with Gasteiger partial charge in [0.05, 0.1) is 22.1 Å². The molecule has 0 aliphatic carbocycles. The van der Waals surface area contributed by atoms with Crippen LogP contribution in [0.5, 0.6) is 0 Å². The Kier molecular flexibility index (Phi) is 7.40. The molecule has 0 spiro atoms. The van der Waals surface area contributed by atoms with Gasteiger partial charge in [0, 0.05) is 32.9 Å². The highest BCUT2D eigenvalue weighted by Crippen LogP contribution is 2.36. The summed E-state index contributed by atoms with van der Waals surface area (Å²) in [7, 11) is 0. The minimum atomic E-state index is 1.17. The molecule has 53 heavy (non-hydrogen) atoms. The topological polar surface area (TPSA) is 9.86 Å². The van der Waals surface area contributed by atoms with Crippen LogP contribution < -0.4 is 0 Å². The lowest BCUT2D eigenvalue weighted by molar-refractivity contribution is 1.15. The number of rotatable bonds is 6. The summed E-state index contributed by atoms with van der Waals surface area (Å²) in [6, 6.07) is 68.1. The Bertz CT molecular complexity index is 2940. The number of hydrogen-bond donors (Lipinski definition) is 0. The first-order chi connectivity index (χ1) is 26.2. The van der Waals surface area contributed by atoms with E-state index in [1.54, 1.807) is 0 Å². The van der Waals surface area contributed by atoms with E-state index in [0.29, 0.717) is 0 Å². The Morgan fingerprint density at radius 3 is 1.42 bits per heavy atom. The fourth-order valence-electron chi connectivity index (χ4n) is 8.02. The normalized spacial score (nSPS) is 11.8. The lowest BCUT2D eigenvalue weighted by Crippen LogP contribution is -1.96. The highest BCUT2D eigenvalue weighted by atomic mass is 15.0. The van der Waals surface area contributed by atoms with Crippen molar-refractivity contribution in [3.05, 3.63) is 205 Å². The third-order valence-corrected chi connectivity index (χ3v) is 10.7. The maximum atomic E-state index is 2.40. The van der Waals surface area contributed by atoms with Crippen molar-refractivity contribution in [1.29, 1.82) is 0 Å². The summed E-state index contributed by atoms with van der Waals surface area (Å²) in [4.78, 5) is 0. The summed E-state index contributed by atoms with van der Waals surface area (Å²) in [5.74, 6) is 0. The second-order valence-electron chi connectivity index (χ2n) is 13.9. The van der Waals surface area contributed by atoms with Gasteiger partial charge in [-0.05, 0) is 94.4 Å². The van der Waals surface area contributed by atoms with Gasteiger partial charge in [-0.2, -0.15) is 0 Å². The van der Waals surface area contributed by atoms with Crippen LogP contribution in [0.3, 0.4) is 0 Å². The molecule has 250 valence electrons. The van der Waals surface area contributed by atoms with E-state index in [2.05, 4.69) is 216 Å². The van der Waals surface area contributed by atoms with Gasteiger partial charge in [-0.1, -0.05) is 152 Å². The Labute approximate surface area is 309 Å². The minimum absolute atomic E-state index is 1.17. The van der Waals surface area contributed by atoms with Crippen molar-refractivity contribution in [1.82, 2.24) is 9.13 Å². The predicted octanol–water partition coefficient (Wildman–Crippen LogP) is 13.7. The smallest absolute Gasteiger partial charge is 0.0541 e. The standard InChI is InChI=1S/C51H36N2/c1-35-11-2-6-17-47(35)53-50-20-9-5-16-45(50)46-34-41(31-32-51(46)53)39-29-25-37(26-30-39)22-21-36-23-27-38(28-24-36)40-12-10-13-42(33-40)52-48-18-7-3-14-43(48)44-15-4-8-19-49(44)52/h2-34H,1H3/b22-21+. The molecule has 0 N–H and O–H groups in total. The van der Waals surface area contributed by atoms with Crippen molar-refractivity contribution < 1.29 is 0 Å². The van der Waals surface area contributed by atoms with Crippen LogP contribution in [0.4, 0.5) is 0 Å². The largest absolute Gasteiger partial charge is 0.309 e. The molecular formula is C51H36N2. The molecule has 0 saturated heterocycles. The maximum absolute atomic E-state index is 2.40. The van der Waals surface area contributed by atoms with E-state index in [4.69, 9.17) is 0 Å². The molecule has 8 aromatic carbocycles. The molecule has 2 heterocycles. The average molecular weight is 677 g/mol. The monoisotopic (exact) mass is 676 g/mol. The van der Waals surface area contributed by atoms with Crippen molar-refractivity contribution in [3.8, 4) is 33.6 Å². The maximum Gasteiger partial charge on any atom is 0.0541 e. The van der Waals surface area contributed by atoms with E-state index in [0.717, 1.165) is 0 Å². The van der Waals surface area contributed by atoms with Gasteiger partial charge in [0.25, 0.3) is 0 Å². The van der Waals surface area contributed by atoms with E-state index < -0.39 is 0 Å². The van der Waals surface area contributed by atoms with Gasteiger partial charge >= 0.3 is 0 Å². The number of benzene rings is 8. The summed E-state index contributed by atoms with van der Waals surface area (Å²) in [5.41, 5.74) is 15.7. The van der Waals surface area contributed by atoms with Crippen molar-refractivity contribution in [2.24, 2.45) is 0 Å². The number of aryl methyl sites for hydroxylation is 1. The van der Waals surface area contributed by atoms with Gasteiger partial charge in [-0.15, -0.1) is 0 Å². The van der Waals surface area contributed by atoms with Crippen LogP contribution in [0.1, 0.15) is 16.7 Å². The molecule has 0 saturated carbocycles. The number of hydrogen-bond acceptors (Lipinski definition) is 0. The minimum Gasteiger partial charge on any atom is -0.309 e. The Hall–Kier alpha value is -6.90. The fourth-order valence-corrected chi connectivity index (χ4v) is 8.02. The first-order valence-electron chi connectivity index (χ1n) is 18.3. The summed E-state index contributed by atoms with van der Waals surface area (Å²) in [5, 5.41) is 5.10. The number of para-hydroxylation sites is 4. The third kappa shape index (κ3) is 5.35. The molecule has 2 nitrogen and oxygen atoms in total. The van der Waals surface area contributed by atoms with E-state index >= 15 is 0 Å². The molecule has 10 rings (SSSR count). The zero-order valence-electron chi connectivity index (χ0n) is 29.4. The van der Waals surface area contributed by atoms with Gasteiger partial charge in [-0.25, -0.2) is 0 Å². The first-order valence-corrected chi connectivity index (χ1v) is 18.3. The van der Waals surface area contributed by atoms with Gasteiger partial charge in [0.15, 0.2) is 0 Å². The van der Waals surface area contributed by atoms with Gasteiger partial charge in [0.2, 0.25) is 0 Å². The van der Waals surface area contributed by atoms with E-state index in [-0.39, 0.29) is 0 Å². The van der Waals surface area contributed by atoms with Gasteiger partial charge in [0.1, 0.15) is 0 Å². The molecule has 0 atom stereocenters. The van der Waals surface area contributed by atoms with E-state index in [1.807, 2.05) is 0 Å². The van der Waals surface area contributed by atoms with Crippen molar-refractivity contribution in [3.63, 3.8) is 0 Å². The molecule has 0 bridgehead atoms. The lowest BCUT2D eigenvalue weighted by Gasteiger charge is -2.11. The van der Waals surface area contributed by atoms with Crippen LogP contribution in [-0.2, 0) is 0 Å². The summed E-state index contributed by atoms with van der Waals surface area (Å²) in [6.07, 6.45) is 4.39. The molecule has 2 heteroatoms.